The highest BCUT2D eigenvalue weighted by atomic mass is 35.5. The third-order valence-electron chi connectivity index (χ3n) is 3.99. The minimum atomic E-state index is -3.71. The molecule has 2 aromatic rings. The third kappa shape index (κ3) is 6.58. The molecule has 0 saturated carbocycles. The third-order valence-corrected chi connectivity index (χ3v) is 5.57. The average Bonchev–Trinajstić information content (AvgIpc) is 2.57. The molecule has 1 N–H and O–H groups in total. The van der Waals surface area contributed by atoms with E-state index in [1.165, 1.54) is 23.8 Å². The van der Waals surface area contributed by atoms with Gasteiger partial charge in [-0.05, 0) is 55.3 Å². The van der Waals surface area contributed by atoms with E-state index in [1.54, 1.807) is 0 Å². The predicted molar refractivity (Wildman–Crippen MR) is 113 cm³/mol. The summed E-state index contributed by atoms with van der Waals surface area (Å²) in [5.41, 5.74) is 2.51. The van der Waals surface area contributed by atoms with Crippen molar-refractivity contribution in [1.29, 1.82) is 0 Å². The van der Waals surface area contributed by atoms with Gasteiger partial charge < -0.3 is 10.1 Å². The summed E-state index contributed by atoms with van der Waals surface area (Å²) in [6.45, 7) is 4.11. The van der Waals surface area contributed by atoms with Gasteiger partial charge in [0.2, 0.25) is 15.9 Å². The van der Waals surface area contributed by atoms with Gasteiger partial charge in [-0.3, -0.25) is 9.10 Å². The van der Waals surface area contributed by atoms with Crippen LogP contribution in [0.1, 0.15) is 11.1 Å². The van der Waals surface area contributed by atoms with Gasteiger partial charge in [0.15, 0.2) is 0 Å². The van der Waals surface area contributed by atoms with Crippen LogP contribution >= 0.6 is 23.2 Å². The second-order valence-electron chi connectivity index (χ2n) is 6.34. The number of rotatable bonds is 8. The number of amides is 1. The van der Waals surface area contributed by atoms with E-state index in [4.69, 9.17) is 27.9 Å². The van der Waals surface area contributed by atoms with Gasteiger partial charge in [-0.25, -0.2) is 8.42 Å². The van der Waals surface area contributed by atoms with Crippen LogP contribution in [0.4, 0.5) is 5.69 Å². The molecule has 0 aliphatic carbocycles. The zero-order valence-electron chi connectivity index (χ0n) is 15.8. The normalized spacial score (nSPS) is 11.2. The molecular formula is C19H22Cl2N2O4S. The summed E-state index contributed by atoms with van der Waals surface area (Å²) in [4.78, 5) is 12.2. The van der Waals surface area contributed by atoms with E-state index in [-0.39, 0.29) is 35.4 Å². The highest BCUT2D eigenvalue weighted by Crippen LogP contribution is 2.26. The average molecular weight is 445 g/mol. The largest absolute Gasteiger partial charge is 0.492 e. The number of benzene rings is 2. The van der Waals surface area contributed by atoms with Gasteiger partial charge in [0.1, 0.15) is 18.9 Å². The molecule has 0 fully saturated rings. The maximum absolute atomic E-state index is 12.2. The molecular weight excluding hydrogens is 423 g/mol. The first-order chi connectivity index (χ1) is 13.1. The number of sulfonamides is 1. The number of nitrogens with one attached hydrogen (secondary N) is 1. The molecule has 0 heterocycles. The predicted octanol–water partition coefficient (Wildman–Crippen LogP) is 3.57. The lowest BCUT2D eigenvalue weighted by Gasteiger charge is -2.22. The van der Waals surface area contributed by atoms with Crippen LogP contribution in [0, 0.1) is 13.8 Å². The number of anilines is 1. The summed E-state index contributed by atoms with van der Waals surface area (Å²) >= 11 is 11.9. The number of aryl methyl sites for hydroxylation is 2. The Kier molecular flexibility index (Phi) is 7.57. The second kappa shape index (κ2) is 9.49. The molecule has 0 saturated heterocycles. The van der Waals surface area contributed by atoms with Crippen LogP contribution in [-0.4, -0.2) is 40.3 Å². The highest BCUT2D eigenvalue weighted by Gasteiger charge is 2.21. The zero-order valence-corrected chi connectivity index (χ0v) is 18.2. The van der Waals surface area contributed by atoms with E-state index in [0.29, 0.717) is 5.75 Å². The summed E-state index contributed by atoms with van der Waals surface area (Å²) < 4.78 is 30.7. The second-order valence-corrected chi connectivity index (χ2v) is 9.12. The van der Waals surface area contributed by atoms with Crippen LogP contribution in [0.2, 0.25) is 10.0 Å². The Morgan fingerprint density at radius 2 is 1.71 bits per heavy atom. The molecule has 9 heteroatoms. The van der Waals surface area contributed by atoms with Crippen LogP contribution < -0.4 is 14.4 Å². The Hall–Kier alpha value is -1.96. The van der Waals surface area contributed by atoms with Gasteiger partial charge in [0, 0.05) is 10.0 Å². The number of hydrogen-bond acceptors (Lipinski definition) is 4. The summed E-state index contributed by atoms with van der Waals surface area (Å²) in [5.74, 6) is 0.244. The quantitative estimate of drug-likeness (QED) is 0.631. The lowest BCUT2D eigenvalue weighted by atomic mass is 10.1. The number of halogens is 2. The molecule has 2 aromatic carbocycles. The zero-order chi connectivity index (χ0) is 20.9. The van der Waals surface area contributed by atoms with Crippen molar-refractivity contribution in [2.24, 2.45) is 0 Å². The SMILES string of the molecule is Cc1ccc(OCCNC(=O)CN(c2cc(Cl)cc(Cl)c2)S(C)(=O)=O)cc1C. The number of nitrogens with zero attached hydrogens (tertiary/aromatic N) is 1. The van der Waals surface area contributed by atoms with E-state index >= 15 is 0 Å². The lowest BCUT2D eigenvalue weighted by molar-refractivity contribution is -0.119. The maximum Gasteiger partial charge on any atom is 0.240 e. The molecule has 0 aromatic heterocycles. The molecule has 28 heavy (non-hydrogen) atoms. The van der Waals surface area contributed by atoms with Crippen molar-refractivity contribution in [2.75, 3.05) is 30.3 Å². The fraction of sp³-hybridized carbons (Fsp3) is 0.316. The van der Waals surface area contributed by atoms with E-state index in [9.17, 15) is 13.2 Å². The molecule has 6 nitrogen and oxygen atoms in total. The molecule has 152 valence electrons. The van der Waals surface area contributed by atoms with E-state index in [1.807, 2.05) is 32.0 Å². The van der Waals surface area contributed by atoms with Crippen molar-refractivity contribution in [1.82, 2.24) is 5.32 Å². The number of hydrogen-bond donors (Lipinski definition) is 1. The first-order valence-electron chi connectivity index (χ1n) is 8.47. The van der Waals surface area contributed by atoms with Crippen LogP contribution in [0.3, 0.4) is 0 Å². The van der Waals surface area contributed by atoms with Crippen molar-refractivity contribution in [2.45, 2.75) is 13.8 Å². The molecule has 0 bridgehead atoms. The van der Waals surface area contributed by atoms with Gasteiger partial charge in [-0.1, -0.05) is 29.3 Å². The van der Waals surface area contributed by atoms with Gasteiger partial charge in [-0.15, -0.1) is 0 Å². The topological polar surface area (TPSA) is 75.7 Å². The molecule has 0 spiro atoms. The number of ether oxygens (including phenoxy) is 1. The standard InChI is InChI=1S/C19H22Cl2N2O4S/c1-13-4-5-18(8-14(13)2)27-7-6-22-19(24)12-23(28(3,25)26)17-10-15(20)9-16(21)11-17/h4-5,8-11H,6-7,12H2,1-3H3,(H,22,24). The Bertz CT molecular complexity index is 944. The van der Waals surface area contributed by atoms with Crippen molar-refractivity contribution >= 4 is 44.8 Å². The Balaban J connectivity index is 1.94. The van der Waals surface area contributed by atoms with Crippen molar-refractivity contribution in [3.63, 3.8) is 0 Å². The molecule has 0 aliphatic heterocycles. The lowest BCUT2D eigenvalue weighted by Crippen LogP contribution is -2.41. The minimum absolute atomic E-state index is 0.224. The van der Waals surface area contributed by atoms with Crippen molar-refractivity contribution in [3.8, 4) is 5.75 Å². The molecule has 2 rings (SSSR count). The summed E-state index contributed by atoms with van der Waals surface area (Å²) in [6.07, 6.45) is 1.01. The first-order valence-corrected chi connectivity index (χ1v) is 11.1. The van der Waals surface area contributed by atoms with Gasteiger partial charge in [0.05, 0.1) is 18.5 Å². The maximum atomic E-state index is 12.2. The summed E-state index contributed by atoms with van der Waals surface area (Å²) in [7, 11) is -3.71. The highest BCUT2D eigenvalue weighted by molar-refractivity contribution is 7.92. The van der Waals surface area contributed by atoms with Crippen LogP contribution in [0.15, 0.2) is 36.4 Å². The van der Waals surface area contributed by atoms with E-state index in [0.717, 1.165) is 16.1 Å². The van der Waals surface area contributed by atoms with Crippen LogP contribution in [0.5, 0.6) is 5.75 Å². The molecule has 0 atom stereocenters. The molecule has 0 unspecified atom stereocenters. The Morgan fingerprint density at radius 3 is 2.29 bits per heavy atom. The monoisotopic (exact) mass is 444 g/mol. The molecule has 0 radical (unpaired) electrons. The fourth-order valence-corrected chi connectivity index (χ4v) is 3.79. The summed E-state index contributed by atoms with van der Waals surface area (Å²) in [6, 6.07) is 10.1. The van der Waals surface area contributed by atoms with Crippen molar-refractivity contribution in [3.05, 3.63) is 57.6 Å². The van der Waals surface area contributed by atoms with E-state index in [2.05, 4.69) is 5.32 Å². The smallest absolute Gasteiger partial charge is 0.240 e. The Morgan fingerprint density at radius 1 is 1.07 bits per heavy atom. The minimum Gasteiger partial charge on any atom is -0.492 e. The Labute approximate surface area is 175 Å². The number of carbonyl (C=O) groups is 1. The fourth-order valence-electron chi connectivity index (χ4n) is 2.43. The summed E-state index contributed by atoms with van der Waals surface area (Å²) in [5, 5.41) is 3.20. The van der Waals surface area contributed by atoms with Gasteiger partial charge in [-0.2, -0.15) is 0 Å². The number of carbonyl (C=O) groups excluding carboxylic acids is 1. The van der Waals surface area contributed by atoms with E-state index < -0.39 is 15.9 Å². The van der Waals surface area contributed by atoms with Crippen molar-refractivity contribution < 1.29 is 17.9 Å². The first kappa shape index (κ1) is 22.3. The molecule has 1 amide bonds. The van der Waals surface area contributed by atoms with Crippen LogP contribution in [0.25, 0.3) is 0 Å². The van der Waals surface area contributed by atoms with Gasteiger partial charge >= 0.3 is 0 Å². The van der Waals surface area contributed by atoms with Gasteiger partial charge in [0.25, 0.3) is 0 Å². The van der Waals surface area contributed by atoms with Crippen LogP contribution in [-0.2, 0) is 14.8 Å². The molecule has 0 aliphatic rings.